The maximum absolute atomic E-state index is 13.8. The maximum Gasteiger partial charge on any atom is 0.144 e. The van der Waals surface area contributed by atoms with Gasteiger partial charge in [-0.15, -0.1) is 11.6 Å². The molecule has 0 N–H and O–H groups in total. The number of fused-ring (bicyclic) bond motifs is 1. The molecule has 0 spiro atoms. The van der Waals surface area contributed by atoms with Crippen molar-refractivity contribution in [2.45, 2.75) is 46.5 Å². The molecule has 0 radical (unpaired) electrons. The highest BCUT2D eigenvalue weighted by atomic mass is 35.5. The van der Waals surface area contributed by atoms with Gasteiger partial charge in [-0.05, 0) is 24.3 Å². The predicted molar refractivity (Wildman–Crippen MR) is 87.6 cm³/mol. The van der Waals surface area contributed by atoms with Crippen LogP contribution in [-0.2, 0) is 6.54 Å². The van der Waals surface area contributed by atoms with E-state index in [1.165, 1.54) is 6.07 Å². The molecule has 2 atom stereocenters. The van der Waals surface area contributed by atoms with Crippen molar-refractivity contribution in [3.8, 4) is 0 Å². The Kier molecular flexibility index (Phi) is 4.55. The molecule has 5 heteroatoms. The SMILES string of the molecule is CC(Cl)c1nc2cc(Cl)c(F)cc2n1CC(C)C(C)(C)C. The number of imidazole rings is 1. The molecule has 0 saturated carbocycles. The van der Waals surface area contributed by atoms with Crippen molar-refractivity contribution in [2.24, 2.45) is 11.3 Å². The number of hydrogen-bond donors (Lipinski definition) is 0. The third-order valence-corrected chi connectivity index (χ3v) is 4.60. The van der Waals surface area contributed by atoms with Crippen LogP contribution in [0.5, 0.6) is 0 Å². The second-order valence-corrected chi connectivity index (χ2v) is 7.78. The van der Waals surface area contributed by atoms with Gasteiger partial charge in [0.2, 0.25) is 0 Å². The van der Waals surface area contributed by atoms with Crippen LogP contribution in [-0.4, -0.2) is 9.55 Å². The third kappa shape index (κ3) is 3.35. The first-order valence-electron chi connectivity index (χ1n) is 7.10. The minimum absolute atomic E-state index is 0.0878. The minimum Gasteiger partial charge on any atom is -0.326 e. The summed E-state index contributed by atoms with van der Waals surface area (Å²) in [5.74, 6) is 0.717. The van der Waals surface area contributed by atoms with E-state index in [0.29, 0.717) is 11.4 Å². The van der Waals surface area contributed by atoms with E-state index >= 15 is 0 Å². The molecule has 0 aliphatic heterocycles. The van der Waals surface area contributed by atoms with Crippen LogP contribution in [0.1, 0.15) is 45.8 Å². The summed E-state index contributed by atoms with van der Waals surface area (Å²) >= 11 is 12.1. The van der Waals surface area contributed by atoms with Crippen LogP contribution in [0.4, 0.5) is 4.39 Å². The molecule has 1 heterocycles. The summed E-state index contributed by atoms with van der Waals surface area (Å²) in [6, 6.07) is 3.01. The molecule has 2 nitrogen and oxygen atoms in total. The summed E-state index contributed by atoms with van der Waals surface area (Å²) in [4.78, 5) is 4.53. The molecular formula is C16H21Cl2FN2. The molecule has 116 valence electrons. The lowest BCUT2D eigenvalue weighted by Crippen LogP contribution is -2.23. The number of halogens is 3. The van der Waals surface area contributed by atoms with Gasteiger partial charge in [-0.1, -0.05) is 39.3 Å². The zero-order valence-electron chi connectivity index (χ0n) is 13.0. The van der Waals surface area contributed by atoms with Gasteiger partial charge in [0.1, 0.15) is 11.6 Å². The molecular weight excluding hydrogens is 310 g/mol. The van der Waals surface area contributed by atoms with E-state index in [-0.39, 0.29) is 15.8 Å². The molecule has 0 saturated heterocycles. The van der Waals surface area contributed by atoms with Crippen molar-refractivity contribution in [1.82, 2.24) is 9.55 Å². The number of aromatic nitrogens is 2. The lowest BCUT2D eigenvalue weighted by atomic mass is 9.82. The summed E-state index contributed by atoms with van der Waals surface area (Å²) in [7, 11) is 0. The molecule has 1 aromatic carbocycles. The quantitative estimate of drug-likeness (QED) is 0.649. The molecule has 0 aliphatic rings. The average Bonchev–Trinajstić information content (AvgIpc) is 2.67. The van der Waals surface area contributed by atoms with Gasteiger partial charge in [-0.2, -0.15) is 0 Å². The highest BCUT2D eigenvalue weighted by Crippen LogP contribution is 2.32. The Morgan fingerprint density at radius 2 is 1.90 bits per heavy atom. The molecule has 0 bridgehead atoms. The first kappa shape index (κ1) is 16.6. The molecule has 0 aliphatic carbocycles. The normalized spacial score (nSPS) is 15.4. The van der Waals surface area contributed by atoms with Crippen LogP contribution < -0.4 is 0 Å². The summed E-state index contributed by atoms with van der Waals surface area (Å²) < 4.78 is 15.8. The Bertz CT molecular complexity index is 656. The Morgan fingerprint density at radius 3 is 2.43 bits per heavy atom. The number of rotatable bonds is 3. The van der Waals surface area contributed by atoms with Crippen molar-refractivity contribution >= 4 is 34.2 Å². The lowest BCUT2D eigenvalue weighted by molar-refractivity contribution is 0.233. The summed E-state index contributed by atoms with van der Waals surface area (Å²) in [6.45, 7) is 11.4. The largest absolute Gasteiger partial charge is 0.326 e. The first-order valence-corrected chi connectivity index (χ1v) is 7.92. The fraction of sp³-hybridized carbons (Fsp3) is 0.562. The van der Waals surface area contributed by atoms with Gasteiger partial charge in [0.05, 0.1) is 21.4 Å². The Balaban J connectivity index is 2.58. The highest BCUT2D eigenvalue weighted by molar-refractivity contribution is 6.31. The Labute approximate surface area is 135 Å². The van der Waals surface area contributed by atoms with E-state index < -0.39 is 5.82 Å². The fourth-order valence-electron chi connectivity index (χ4n) is 2.18. The molecule has 2 rings (SSSR count). The monoisotopic (exact) mass is 330 g/mol. The van der Waals surface area contributed by atoms with Gasteiger partial charge in [-0.3, -0.25) is 0 Å². The van der Waals surface area contributed by atoms with E-state index in [0.717, 1.165) is 17.9 Å². The van der Waals surface area contributed by atoms with Gasteiger partial charge in [0.15, 0.2) is 0 Å². The molecule has 21 heavy (non-hydrogen) atoms. The highest BCUT2D eigenvalue weighted by Gasteiger charge is 2.24. The summed E-state index contributed by atoms with van der Waals surface area (Å²) in [5, 5.41) is -0.156. The topological polar surface area (TPSA) is 17.8 Å². The molecule has 2 unspecified atom stereocenters. The van der Waals surface area contributed by atoms with Crippen LogP contribution in [0.2, 0.25) is 5.02 Å². The van der Waals surface area contributed by atoms with E-state index in [4.69, 9.17) is 23.2 Å². The van der Waals surface area contributed by atoms with Crippen LogP contribution >= 0.6 is 23.2 Å². The summed E-state index contributed by atoms with van der Waals surface area (Å²) in [5.41, 5.74) is 1.58. The predicted octanol–water partition coefficient (Wildman–Crippen LogP) is 5.81. The van der Waals surface area contributed by atoms with E-state index in [9.17, 15) is 4.39 Å². The first-order chi connectivity index (χ1) is 9.61. The Hall–Kier alpha value is -0.800. The van der Waals surface area contributed by atoms with Crippen molar-refractivity contribution < 1.29 is 4.39 Å². The molecule has 0 fully saturated rings. The van der Waals surface area contributed by atoms with E-state index in [2.05, 4.69) is 32.7 Å². The fourth-order valence-corrected chi connectivity index (χ4v) is 2.51. The minimum atomic E-state index is -0.428. The van der Waals surface area contributed by atoms with Crippen molar-refractivity contribution in [2.75, 3.05) is 0 Å². The van der Waals surface area contributed by atoms with Gasteiger partial charge < -0.3 is 4.57 Å². The summed E-state index contributed by atoms with van der Waals surface area (Å²) in [6.07, 6.45) is 0. The standard InChI is InChI=1S/C16H21Cl2FN2/c1-9(16(3,4)5)8-21-14-7-12(19)11(18)6-13(14)20-15(21)10(2)17/h6-7,9-10H,8H2,1-5H3. The van der Waals surface area contributed by atoms with Crippen LogP contribution in [0.15, 0.2) is 12.1 Å². The lowest BCUT2D eigenvalue weighted by Gasteiger charge is -2.28. The molecule has 1 aromatic heterocycles. The van der Waals surface area contributed by atoms with Crippen LogP contribution in [0.25, 0.3) is 11.0 Å². The van der Waals surface area contributed by atoms with Gasteiger partial charge in [0, 0.05) is 12.6 Å². The van der Waals surface area contributed by atoms with Crippen LogP contribution in [0, 0.1) is 17.2 Å². The van der Waals surface area contributed by atoms with Gasteiger partial charge >= 0.3 is 0 Å². The van der Waals surface area contributed by atoms with E-state index in [1.807, 2.05) is 11.5 Å². The second kappa shape index (κ2) is 5.77. The van der Waals surface area contributed by atoms with Crippen molar-refractivity contribution in [1.29, 1.82) is 0 Å². The average molecular weight is 331 g/mol. The van der Waals surface area contributed by atoms with E-state index in [1.54, 1.807) is 6.07 Å². The molecule has 2 aromatic rings. The number of benzene rings is 1. The second-order valence-electron chi connectivity index (χ2n) is 6.72. The Morgan fingerprint density at radius 1 is 1.29 bits per heavy atom. The van der Waals surface area contributed by atoms with Gasteiger partial charge in [-0.25, -0.2) is 9.37 Å². The maximum atomic E-state index is 13.8. The third-order valence-electron chi connectivity index (χ3n) is 4.11. The van der Waals surface area contributed by atoms with Crippen LogP contribution in [0.3, 0.4) is 0 Å². The molecule has 0 amide bonds. The zero-order valence-corrected chi connectivity index (χ0v) is 14.6. The van der Waals surface area contributed by atoms with Crippen molar-refractivity contribution in [3.05, 3.63) is 28.8 Å². The zero-order chi connectivity index (χ0) is 15.9. The van der Waals surface area contributed by atoms with Gasteiger partial charge in [0.25, 0.3) is 0 Å². The number of alkyl halides is 1. The number of nitrogens with zero attached hydrogens (tertiary/aromatic N) is 2. The van der Waals surface area contributed by atoms with Crippen molar-refractivity contribution in [3.63, 3.8) is 0 Å². The number of hydrogen-bond acceptors (Lipinski definition) is 1. The smallest absolute Gasteiger partial charge is 0.144 e.